The molecule has 0 aromatic rings. The summed E-state index contributed by atoms with van der Waals surface area (Å²) in [6.07, 6.45) is 10.3. The van der Waals surface area contributed by atoms with E-state index in [1.165, 1.54) is 25.3 Å². The van der Waals surface area contributed by atoms with Crippen molar-refractivity contribution in [2.75, 3.05) is 0 Å². The predicted octanol–water partition coefficient (Wildman–Crippen LogP) is 5.85. The van der Waals surface area contributed by atoms with E-state index in [-0.39, 0.29) is 6.42 Å². The van der Waals surface area contributed by atoms with Crippen molar-refractivity contribution in [3.05, 3.63) is 23.8 Å². The number of unbranched alkanes of at least 4 members (excludes halogenated alkanes) is 5. The molecule has 0 aliphatic heterocycles. The first-order chi connectivity index (χ1) is 7.72. The minimum absolute atomic E-state index is 0.225. The third kappa shape index (κ3) is 8.63. The number of halogens is 2. The molecule has 0 fully saturated rings. The summed E-state index contributed by atoms with van der Waals surface area (Å²) >= 11 is 0. The standard InChI is InChI=1S/C14H24F2/c1-3-5-7-8-9-10-12-14(16)13(15)11-6-4-2/h10,12H,3-9,11H2,1-2H3/b12-10+,14-13-. The molecule has 0 aromatic heterocycles. The third-order valence-corrected chi connectivity index (χ3v) is 2.50. The van der Waals surface area contributed by atoms with Crippen molar-refractivity contribution >= 4 is 0 Å². The zero-order valence-electron chi connectivity index (χ0n) is 10.6. The number of hydrogen-bond donors (Lipinski definition) is 0. The molecule has 0 amide bonds. The van der Waals surface area contributed by atoms with Crippen molar-refractivity contribution in [1.29, 1.82) is 0 Å². The lowest BCUT2D eigenvalue weighted by molar-refractivity contribution is 0.511. The van der Waals surface area contributed by atoms with E-state index < -0.39 is 11.7 Å². The molecule has 0 saturated heterocycles. The third-order valence-electron chi connectivity index (χ3n) is 2.50. The molecule has 0 atom stereocenters. The molecule has 0 aliphatic rings. The Morgan fingerprint density at radius 2 is 1.62 bits per heavy atom. The zero-order valence-corrected chi connectivity index (χ0v) is 10.6. The molecule has 0 heterocycles. The Bertz CT molecular complexity index is 217. The van der Waals surface area contributed by atoms with Gasteiger partial charge in [-0.2, -0.15) is 0 Å². The Balaban J connectivity index is 3.74. The van der Waals surface area contributed by atoms with Crippen LogP contribution in [-0.4, -0.2) is 0 Å². The first-order valence-corrected chi connectivity index (χ1v) is 6.43. The normalized spacial score (nSPS) is 13.2. The summed E-state index contributed by atoms with van der Waals surface area (Å²) in [5.74, 6) is -1.30. The molecule has 0 radical (unpaired) electrons. The van der Waals surface area contributed by atoms with E-state index in [1.54, 1.807) is 6.08 Å². The second kappa shape index (κ2) is 10.8. The van der Waals surface area contributed by atoms with Crippen LogP contribution in [0, 0.1) is 0 Å². The van der Waals surface area contributed by atoms with Gasteiger partial charge in [-0.05, 0) is 25.3 Å². The molecule has 0 N–H and O–H groups in total. The van der Waals surface area contributed by atoms with Crippen LogP contribution in [0.3, 0.4) is 0 Å². The van der Waals surface area contributed by atoms with Crippen LogP contribution in [0.5, 0.6) is 0 Å². The summed E-state index contributed by atoms with van der Waals surface area (Å²) in [6, 6.07) is 0. The van der Waals surface area contributed by atoms with E-state index in [4.69, 9.17) is 0 Å². The SMILES string of the molecule is CCCCCC/C=C/C(F)=C(/F)CCCC. The zero-order chi connectivity index (χ0) is 12.2. The van der Waals surface area contributed by atoms with Gasteiger partial charge in [0.25, 0.3) is 0 Å². The van der Waals surface area contributed by atoms with Gasteiger partial charge >= 0.3 is 0 Å². The van der Waals surface area contributed by atoms with E-state index in [9.17, 15) is 8.78 Å². The van der Waals surface area contributed by atoms with Gasteiger partial charge in [-0.3, -0.25) is 0 Å². The van der Waals surface area contributed by atoms with Crippen LogP contribution < -0.4 is 0 Å². The molecule has 0 saturated carbocycles. The fourth-order valence-corrected chi connectivity index (χ4v) is 1.42. The largest absolute Gasteiger partial charge is 0.209 e. The van der Waals surface area contributed by atoms with Gasteiger partial charge in [-0.1, -0.05) is 45.6 Å². The Morgan fingerprint density at radius 3 is 2.25 bits per heavy atom. The maximum Gasteiger partial charge on any atom is 0.154 e. The van der Waals surface area contributed by atoms with Crippen LogP contribution in [-0.2, 0) is 0 Å². The molecule has 0 spiro atoms. The van der Waals surface area contributed by atoms with Gasteiger partial charge in [0, 0.05) is 6.42 Å². The summed E-state index contributed by atoms with van der Waals surface area (Å²) in [6.45, 7) is 4.12. The molecule has 0 nitrogen and oxygen atoms in total. The van der Waals surface area contributed by atoms with Crippen molar-refractivity contribution in [2.45, 2.75) is 65.2 Å². The van der Waals surface area contributed by atoms with Crippen molar-refractivity contribution in [3.8, 4) is 0 Å². The molecule has 94 valence electrons. The van der Waals surface area contributed by atoms with Crippen LogP contribution in [0.4, 0.5) is 8.78 Å². The topological polar surface area (TPSA) is 0 Å². The first kappa shape index (κ1) is 15.3. The van der Waals surface area contributed by atoms with E-state index in [2.05, 4.69) is 6.92 Å². The van der Waals surface area contributed by atoms with E-state index in [0.29, 0.717) is 6.42 Å². The molecule has 0 aliphatic carbocycles. The Labute approximate surface area is 98.4 Å². The summed E-state index contributed by atoms with van der Waals surface area (Å²) in [7, 11) is 0. The monoisotopic (exact) mass is 230 g/mol. The Morgan fingerprint density at radius 1 is 0.938 bits per heavy atom. The molecule has 0 rings (SSSR count). The highest BCUT2D eigenvalue weighted by Gasteiger charge is 2.01. The van der Waals surface area contributed by atoms with Crippen molar-refractivity contribution in [2.24, 2.45) is 0 Å². The summed E-state index contributed by atoms with van der Waals surface area (Å²) in [5.41, 5.74) is 0. The number of rotatable bonds is 9. The lowest BCUT2D eigenvalue weighted by atomic mass is 10.1. The molecular weight excluding hydrogens is 206 g/mol. The minimum atomic E-state index is -0.691. The highest BCUT2D eigenvalue weighted by Crippen LogP contribution is 2.16. The van der Waals surface area contributed by atoms with Gasteiger partial charge in [0.05, 0.1) is 0 Å². The average molecular weight is 230 g/mol. The van der Waals surface area contributed by atoms with Crippen LogP contribution >= 0.6 is 0 Å². The van der Waals surface area contributed by atoms with Crippen LogP contribution in [0.15, 0.2) is 23.8 Å². The van der Waals surface area contributed by atoms with Crippen LogP contribution in [0.2, 0.25) is 0 Å². The van der Waals surface area contributed by atoms with Crippen molar-refractivity contribution < 1.29 is 8.78 Å². The van der Waals surface area contributed by atoms with E-state index in [1.807, 2.05) is 6.92 Å². The molecule has 2 heteroatoms. The summed E-state index contributed by atoms with van der Waals surface area (Å²) in [5, 5.41) is 0. The van der Waals surface area contributed by atoms with E-state index >= 15 is 0 Å². The lowest BCUT2D eigenvalue weighted by Gasteiger charge is -1.96. The highest BCUT2D eigenvalue weighted by molar-refractivity contribution is 5.14. The van der Waals surface area contributed by atoms with Gasteiger partial charge in [0.15, 0.2) is 5.83 Å². The predicted molar refractivity (Wildman–Crippen MR) is 66.7 cm³/mol. The quantitative estimate of drug-likeness (QED) is 0.344. The summed E-state index contributed by atoms with van der Waals surface area (Å²) in [4.78, 5) is 0. The van der Waals surface area contributed by atoms with Crippen molar-refractivity contribution in [3.63, 3.8) is 0 Å². The van der Waals surface area contributed by atoms with Gasteiger partial charge in [-0.15, -0.1) is 0 Å². The van der Waals surface area contributed by atoms with Gasteiger partial charge in [0.2, 0.25) is 0 Å². The fraction of sp³-hybridized carbons (Fsp3) is 0.714. The Kier molecular flexibility index (Phi) is 10.4. The molecule has 16 heavy (non-hydrogen) atoms. The van der Waals surface area contributed by atoms with Crippen molar-refractivity contribution in [1.82, 2.24) is 0 Å². The maximum absolute atomic E-state index is 13.1. The second-order valence-electron chi connectivity index (χ2n) is 4.11. The number of hydrogen-bond acceptors (Lipinski definition) is 0. The lowest BCUT2D eigenvalue weighted by Crippen LogP contribution is -1.80. The maximum atomic E-state index is 13.1. The molecule has 0 unspecified atom stereocenters. The highest BCUT2D eigenvalue weighted by atomic mass is 19.2. The molecule has 0 aromatic carbocycles. The smallest absolute Gasteiger partial charge is 0.154 e. The first-order valence-electron chi connectivity index (χ1n) is 6.43. The fourth-order valence-electron chi connectivity index (χ4n) is 1.42. The summed E-state index contributed by atoms with van der Waals surface area (Å²) < 4.78 is 26.2. The minimum Gasteiger partial charge on any atom is -0.209 e. The Hall–Kier alpha value is -0.660. The van der Waals surface area contributed by atoms with Crippen LogP contribution in [0.25, 0.3) is 0 Å². The molecular formula is C14H24F2. The van der Waals surface area contributed by atoms with Crippen LogP contribution in [0.1, 0.15) is 65.2 Å². The van der Waals surface area contributed by atoms with Gasteiger partial charge in [-0.25, -0.2) is 8.78 Å². The second-order valence-corrected chi connectivity index (χ2v) is 4.11. The molecule has 0 bridgehead atoms. The van der Waals surface area contributed by atoms with E-state index in [0.717, 1.165) is 19.3 Å². The average Bonchev–Trinajstić information content (AvgIpc) is 2.30. The van der Waals surface area contributed by atoms with Gasteiger partial charge < -0.3 is 0 Å². The van der Waals surface area contributed by atoms with Gasteiger partial charge in [0.1, 0.15) is 5.83 Å². The number of allylic oxidation sites excluding steroid dienone is 4.